The molecule has 22 heavy (non-hydrogen) atoms. The summed E-state index contributed by atoms with van der Waals surface area (Å²) in [6.45, 7) is 4.17. The summed E-state index contributed by atoms with van der Waals surface area (Å²) < 4.78 is 5.75. The van der Waals surface area contributed by atoms with Crippen LogP contribution in [0, 0.1) is 0 Å². The van der Waals surface area contributed by atoms with E-state index in [2.05, 4.69) is 33.9 Å². The van der Waals surface area contributed by atoms with Crippen LogP contribution in [0.3, 0.4) is 0 Å². The molecule has 1 aromatic rings. The highest BCUT2D eigenvalue weighted by atomic mass is 16.5. The third-order valence-electron chi connectivity index (χ3n) is 4.94. The lowest BCUT2D eigenvalue weighted by Crippen LogP contribution is -2.41. The number of piperidine rings is 1. The Hall–Kier alpha value is -1.04. The van der Waals surface area contributed by atoms with Crippen molar-refractivity contribution < 1.29 is 4.74 Å². The van der Waals surface area contributed by atoms with E-state index in [1.807, 2.05) is 12.4 Å². The molecule has 0 bridgehead atoms. The van der Waals surface area contributed by atoms with Crippen LogP contribution in [0.1, 0.15) is 49.6 Å². The van der Waals surface area contributed by atoms with Gasteiger partial charge in [-0.1, -0.05) is 0 Å². The minimum absolute atomic E-state index is 0.106. The highest BCUT2D eigenvalue weighted by molar-refractivity contribution is 5.07. The Balaban J connectivity index is 1.54. The standard InChI is InChI=1S/C17H28N4O/c1-20-8-6-15(7-9-20)21(2)13-14-11-18-17(19-12-14)16-5-3-4-10-22-16/h11-12,15-16H,3-10,13H2,1-2H3. The van der Waals surface area contributed by atoms with Crippen molar-refractivity contribution >= 4 is 0 Å². The third-order valence-corrected chi connectivity index (χ3v) is 4.94. The van der Waals surface area contributed by atoms with Crippen LogP contribution >= 0.6 is 0 Å². The average molecular weight is 304 g/mol. The Kier molecular flexibility index (Phi) is 5.39. The lowest BCUT2D eigenvalue weighted by molar-refractivity contribution is 0.00937. The molecule has 2 aliphatic rings. The number of ether oxygens (including phenoxy) is 1. The Bertz CT molecular complexity index is 450. The van der Waals surface area contributed by atoms with E-state index in [-0.39, 0.29) is 6.10 Å². The van der Waals surface area contributed by atoms with Gasteiger partial charge in [-0.3, -0.25) is 4.90 Å². The Morgan fingerprint density at radius 3 is 2.55 bits per heavy atom. The van der Waals surface area contributed by atoms with Gasteiger partial charge in [-0.2, -0.15) is 0 Å². The number of rotatable bonds is 4. The van der Waals surface area contributed by atoms with Gasteiger partial charge in [0.05, 0.1) is 0 Å². The van der Waals surface area contributed by atoms with E-state index in [1.54, 1.807) is 0 Å². The molecule has 0 N–H and O–H groups in total. The summed E-state index contributed by atoms with van der Waals surface area (Å²) in [4.78, 5) is 13.9. The molecule has 2 aliphatic heterocycles. The number of hydrogen-bond donors (Lipinski definition) is 0. The molecule has 0 radical (unpaired) electrons. The van der Waals surface area contributed by atoms with Gasteiger partial charge in [-0.15, -0.1) is 0 Å². The van der Waals surface area contributed by atoms with Crippen LogP contribution in [0.4, 0.5) is 0 Å². The summed E-state index contributed by atoms with van der Waals surface area (Å²) in [6.07, 6.45) is 10.00. The smallest absolute Gasteiger partial charge is 0.157 e. The molecular formula is C17H28N4O. The van der Waals surface area contributed by atoms with E-state index >= 15 is 0 Å². The Morgan fingerprint density at radius 1 is 1.18 bits per heavy atom. The summed E-state index contributed by atoms with van der Waals surface area (Å²) >= 11 is 0. The maximum atomic E-state index is 5.75. The maximum absolute atomic E-state index is 5.75. The summed E-state index contributed by atoms with van der Waals surface area (Å²) in [7, 11) is 4.42. The molecule has 1 aromatic heterocycles. The largest absolute Gasteiger partial charge is 0.370 e. The molecule has 122 valence electrons. The first-order valence-corrected chi connectivity index (χ1v) is 8.53. The summed E-state index contributed by atoms with van der Waals surface area (Å²) in [5.41, 5.74) is 1.20. The molecule has 3 rings (SSSR count). The van der Waals surface area contributed by atoms with Crippen molar-refractivity contribution in [1.82, 2.24) is 19.8 Å². The van der Waals surface area contributed by atoms with Gasteiger partial charge < -0.3 is 9.64 Å². The van der Waals surface area contributed by atoms with Crippen molar-refractivity contribution in [2.75, 3.05) is 33.8 Å². The van der Waals surface area contributed by atoms with E-state index < -0.39 is 0 Å². The van der Waals surface area contributed by atoms with Gasteiger partial charge in [0.25, 0.3) is 0 Å². The Labute approximate surface area is 133 Å². The van der Waals surface area contributed by atoms with E-state index in [4.69, 9.17) is 4.74 Å². The van der Waals surface area contributed by atoms with Gasteiger partial charge >= 0.3 is 0 Å². The van der Waals surface area contributed by atoms with Gasteiger partial charge in [-0.25, -0.2) is 9.97 Å². The molecule has 0 spiro atoms. The summed E-state index contributed by atoms with van der Waals surface area (Å²) in [5.74, 6) is 0.852. The van der Waals surface area contributed by atoms with Crippen LogP contribution in [-0.4, -0.2) is 59.6 Å². The second-order valence-corrected chi connectivity index (χ2v) is 6.75. The van der Waals surface area contributed by atoms with E-state index in [1.165, 1.54) is 37.9 Å². The van der Waals surface area contributed by atoms with Crippen molar-refractivity contribution in [2.24, 2.45) is 0 Å². The van der Waals surface area contributed by atoms with Crippen LogP contribution in [0.5, 0.6) is 0 Å². The van der Waals surface area contributed by atoms with Gasteiger partial charge in [0.2, 0.25) is 0 Å². The van der Waals surface area contributed by atoms with Crippen LogP contribution in [0.15, 0.2) is 12.4 Å². The van der Waals surface area contributed by atoms with Gasteiger partial charge in [0, 0.05) is 37.2 Å². The first kappa shape index (κ1) is 15.8. The SMILES string of the molecule is CN1CCC(N(C)Cc2cnc(C3CCCCO3)nc2)CC1. The molecule has 0 aliphatic carbocycles. The van der Waals surface area contributed by atoms with E-state index in [0.717, 1.165) is 31.8 Å². The predicted octanol–water partition coefficient (Wildman–Crippen LogP) is 2.24. The first-order chi connectivity index (χ1) is 10.7. The molecule has 0 saturated carbocycles. The van der Waals surface area contributed by atoms with Crippen LogP contribution in [-0.2, 0) is 11.3 Å². The molecule has 2 fully saturated rings. The Morgan fingerprint density at radius 2 is 1.91 bits per heavy atom. The zero-order chi connectivity index (χ0) is 15.4. The fraction of sp³-hybridized carbons (Fsp3) is 0.765. The molecule has 5 heteroatoms. The number of nitrogens with zero attached hydrogens (tertiary/aromatic N) is 4. The van der Waals surface area contributed by atoms with Crippen molar-refractivity contribution in [2.45, 2.75) is 50.8 Å². The average Bonchev–Trinajstić information content (AvgIpc) is 2.57. The lowest BCUT2D eigenvalue weighted by atomic mass is 10.0. The minimum Gasteiger partial charge on any atom is -0.370 e. The third kappa shape index (κ3) is 4.03. The van der Waals surface area contributed by atoms with Crippen molar-refractivity contribution in [1.29, 1.82) is 0 Å². The second kappa shape index (κ2) is 7.49. The zero-order valence-corrected chi connectivity index (χ0v) is 13.9. The van der Waals surface area contributed by atoms with Gasteiger partial charge in [-0.05, 0) is 59.3 Å². The number of hydrogen-bond acceptors (Lipinski definition) is 5. The second-order valence-electron chi connectivity index (χ2n) is 6.75. The van der Waals surface area contributed by atoms with Gasteiger partial charge in [0.1, 0.15) is 6.10 Å². The summed E-state index contributed by atoms with van der Waals surface area (Å²) in [5, 5.41) is 0. The molecule has 5 nitrogen and oxygen atoms in total. The number of aromatic nitrogens is 2. The topological polar surface area (TPSA) is 41.5 Å². The van der Waals surface area contributed by atoms with E-state index in [0.29, 0.717) is 6.04 Å². The fourth-order valence-corrected chi connectivity index (χ4v) is 3.41. The molecule has 2 saturated heterocycles. The molecule has 1 unspecified atom stereocenters. The lowest BCUT2D eigenvalue weighted by Gasteiger charge is -2.35. The monoisotopic (exact) mass is 304 g/mol. The van der Waals surface area contributed by atoms with Crippen LogP contribution in [0.2, 0.25) is 0 Å². The van der Waals surface area contributed by atoms with Crippen LogP contribution < -0.4 is 0 Å². The quantitative estimate of drug-likeness (QED) is 0.853. The van der Waals surface area contributed by atoms with E-state index in [9.17, 15) is 0 Å². The van der Waals surface area contributed by atoms with Crippen molar-refractivity contribution in [3.63, 3.8) is 0 Å². The number of likely N-dealkylation sites (tertiary alicyclic amines) is 1. The first-order valence-electron chi connectivity index (χ1n) is 8.53. The zero-order valence-electron chi connectivity index (χ0n) is 13.9. The molecule has 0 amide bonds. The molecule has 0 aromatic carbocycles. The normalized spacial score (nSPS) is 24.8. The van der Waals surface area contributed by atoms with Crippen LogP contribution in [0.25, 0.3) is 0 Å². The molecular weight excluding hydrogens is 276 g/mol. The summed E-state index contributed by atoms with van der Waals surface area (Å²) in [6, 6.07) is 0.678. The minimum atomic E-state index is 0.106. The van der Waals surface area contributed by atoms with Gasteiger partial charge in [0.15, 0.2) is 5.82 Å². The van der Waals surface area contributed by atoms with Crippen molar-refractivity contribution in [3.05, 3.63) is 23.8 Å². The fourth-order valence-electron chi connectivity index (χ4n) is 3.41. The highest BCUT2D eigenvalue weighted by Crippen LogP contribution is 2.25. The van der Waals surface area contributed by atoms with Crippen molar-refractivity contribution in [3.8, 4) is 0 Å². The molecule has 3 heterocycles. The predicted molar refractivity (Wildman–Crippen MR) is 86.6 cm³/mol. The maximum Gasteiger partial charge on any atom is 0.157 e. The molecule has 1 atom stereocenters. The highest BCUT2D eigenvalue weighted by Gasteiger charge is 2.21.